The molecule has 4 aliphatic rings. The Bertz CT molecular complexity index is 772. The maximum atomic E-state index is 10.8. The molecule has 0 radical (unpaired) electrons. The van der Waals surface area contributed by atoms with Gasteiger partial charge in [0.15, 0.2) is 0 Å². The molecule has 4 rings (SSSR count). The predicted molar refractivity (Wildman–Crippen MR) is 136 cm³/mol. The minimum Gasteiger partial charge on any atom is -0.412 e. The van der Waals surface area contributed by atoms with E-state index in [0.29, 0.717) is 22.2 Å². The zero-order valence-electron chi connectivity index (χ0n) is 22.4. The molecule has 0 amide bonds. The number of aliphatic hydroxyl groups is 1. The van der Waals surface area contributed by atoms with Gasteiger partial charge in [-0.05, 0) is 117 Å². The van der Waals surface area contributed by atoms with Gasteiger partial charge in [-0.3, -0.25) is 0 Å². The molecule has 3 N–H and O–H groups in total. The molecule has 2 heteroatoms. The second-order valence-corrected chi connectivity index (χ2v) is 13.6. The molecule has 32 heavy (non-hydrogen) atoms. The van der Waals surface area contributed by atoms with Crippen molar-refractivity contribution in [2.45, 2.75) is 126 Å². The topological polar surface area (TPSA) is 51.7 Å². The lowest BCUT2D eigenvalue weighted by atomic mass is 9.43. The second-order valence-electron chi connectivity index (χ2n) is 13.6. The van der Waals surface area contributed by atoms with E-state index in [1.54, 1.807) is 0 Å². The van der Waals surface area contributed by atoms with Gasteiger partial charge >= 0.3 is 0 Å². The third-order valence-electron chi connectivity index (χ3n) is 11.7. The Morgan fingerprint density at radius 2 is 1.66 bits per heavy atom. The van der Waals surface area contributed by atoms with Crippen LogP contribution in [-0.2, 0) is 0 Å². The van der Waals surface area contributed by atoms with Crippen molar-refractivity contribution in [2.75, 3.05) is 0 Å². The quantitative estimate of drug-likeness (QED) is 0.445. The van der Waals surface area contributed by atoms with Gasteiger partial charge in [-0.25, -0.2) is 0 Å². The summed E-state index contributed by atoms with van der Waals surface area (Å²) in [7, 11) is 0. The van der Waals surface area contributed by atoms with Crippen molar-refractivity contribution in [2.24, 2.45) is 39.4 Å². The van der Waals surface area contributed by atoms with Crippen LogP contribution in [-0.4, -0.2) is 16.7 Å². The molecule has 2 saturated carbocycles. The third kappa shape index (κ3) is 3.58. The molecule has 0 saturated heterocycles. The van der Waals surface area contributed by atoms with Gasteiger partial charge in [-0.1, -0.05) is 64.3 Å². The summed E-state index contributed by atoms with van der Waals surface area (Å²) in [5.74, 6) is 2.32. The lowest BCUT2D eigenvalue weighted by Gasteiger charge is -2.62. The van der Waals surface area contributed by atoms with Crippen LogP contribution < -0.4 is 0 Å². The molecule has 0 aliphatic heterocycles. The maximum absolute atomic E-state index is 10.8. The molecule has 7 atom stereocenters. The lowest BCUT2D eigenvalue weighted by Crippen LogP contribution is -2.55. The van der Waals surface area contributed by atoms with Crippen LogP contribution in [0.4, 0.5) is 0 Å². The Morgan fingerprint density at radius 1 is 0.969 bits per heavy atom. The van der Waals surface area contributed by atoms with Crippen LogP contribution in [0.5, 0.6) is 0 Å². The van der Waals surface area contributed by atoms with Crippen LogP contribution >= 0.6 is 0 Å². The number of rotatable bonds is 4. The van der Waals surface area contributed by atoms with E-state index in [4.69, 9.17) is 0 Å². The van der Waals surface area contributed by atoms with Crippen molar-refractivity contribution < 1.29 is 10.6 Å². The highest BCUT2D eigenvalue weighted by Crippen LogP contribution is 2.72. The minimum atomic E-state index is -0.130. The van der Waals surface area contributed by atoms with E-state index in [1.165, 1.54) is 63.4 Å². The maximum Gasteiger partial charge on any atom is 0.0594 e. The van der Waals surface area contributed by atoms with Crippen molar-refractivity contribution in [1.82, 2.24) is 0 Å². The fourth-order valence-electron chi connectivity index (χ4n) is 9.47. The summed E-state index contributed by atoms with van der Waals surface area (Å²) in [6, 6.07) is 0. The van der Waals surface area contributed by atoms with Crippen LogP contribution in [0.1, 0.15) is 120 Å². The van der Waals surface area contributed by atoms with Gasteiger partial charge in [0.2, 0.25) is 0 Å². The Kier molecular flexibility index (Phi) is 6.96. The van der Waals surface area contributed by atoms with E-state index >= 15 is 0 Å². The molecule has 0 aromatic carbocycles. The molecule has 0 aromatic heterocycles. The molecular formula is C30H52O2. The van der Waals surface area contributed by atoms with Gasteiger partial charge in [0.05, 0.1) is 6.10 Å². The molecule has 184 valence electrons. The van der Waals surface area contributed by atoms with Crippen molar-refractivity contribution in [3.63, 3.8) is 0 Å². The Balaban J connectivity index is 0.00000289. The second kappa shape index (κ2) is 8.56. The number of fused-ring (bicyclic) bond motifs is 4. The van der Waals surface area contributed by atoms with Gasteiger partial charge in [-0.15, -0.1) is 0 Å². The van der Waals surface area contributed by atoms with E-state index in [9.17, 15) is 5.11 Å². The Labute approximate surface area is 198 Å². The van der Waals surface area contributed by atoms with Gasteiger partial charge in [0, 0.05) is 0 Å². The lowest BCUT2D eigenvalue weighted by molar-refractivity contribution is -0.0962. The molecule has 0 unspecified atom stereocenters. The van der Waals surface area contributed by atoms with E-state index in [1.807, 2.05) is 11.1 Å². The number of hydrogen-bond donors (Lipinski definition) is 1. The summed E-state index contributed by atoms with van der Waals surface area (Å²) in [4.78, 5) is 0. The molecule has 2 nitrogen and oxygen atoms in total. The molecule has 0 heterocycles. The van der Waals surface area contributed by atoms with Gasteiger partial charge in [-0.2, -0.15) is 0 Å². The van der Waals surface area contributed by atoms with E-state index in [-0.39, 0.29) is 17.0 Å². The van der Waals surface area contributed by atoms with E-state index in [0.717, 1.165) is 18.3 Å². The first-order valence-electron chi connectivity index (χ1n) is 13.4. The number of allylic oxidation sites excluding steroid dienone is 4. The summed E-state index contributed by atoms with van der Waals surface area (Å²) in [5, 5.41) is 10.8. The highest BCUT2D eigenvalue weighted by Gasteiger charge is 2.63. The Hall–Kier alpha value is -0.600. The van der Waals surface area contributed by atoms with Gasteiger partial charge in [0.25, 0.3) is 0 Å². The Morgan fingerprint density at radius 3 is 2.31 bits per heavy atom. The summed E-state index contributed by atoms with van der Waals surface area (Å²) in [6.07, 6.45) is 15.2. The summed E-state index contributed by atoms with van der Waals surface area (Å²) in [6.45, 7) is 19.6. The first-order valence-corrected chi connectivity index (χ1v) is 13.4. The molecule has 0 aromatic rings. The predicted octanol–water partition coefficient (Wildman–Crippen LogP) is 7.65. The minimum absolute atomic E-state index is 0. The van der Waals surface area contributed by atoms with Crippen molar-refractivity contribution in [3.8, 4) is 0 Å². The molecule has 0 bridgehead atoms. The standard InChI is InChI=1S/C30H50O.H2O/c1-20(2)10-9-11-21(3)22-14-18-30(8)24-12-13-25-27(4,5)26(31)16-17-28(25,6)23(24)15-19-29(22,30)7;/h10,21-22,25-26,31H,9,11-19H2,1-8H3;1H2/t21-,22-,25+,26+,28-,29-,30+;/m1./s1. The third-order valence-corrected chi connectivity index (χ3v) is 11.7. The normalized spacial score (nSPS) is 43.5. The van der Waals surface area contributed by atoms with Crippen LogP contribution in [0.25, 0.3) is 0 Å². The zero-order chi connectivity index (χ0) is 22.8. The van der Waals surface area contributed by atoms with Crippen LogP contribution in [0.15, 0.2) is 22.8 Å². The molecule has 4 aliphatic carbocycles. The van der Waals surface area contributed by atoms with Gasteiger partial charge in [0.1, 0.15) is 0 Å². The molecular weight excluding hydrogens is 392 g/mol. The summed E-state index contributed by atoms with van der Waals surface area (Å²) >= 11 is 0. The van der Waals surface area contributed by atoms with Crippen LogP contribution in [0, 0.1) is 39.4 Å². The van der Waals surface area contributed by atoms with Crippen molar-refractivity contribution in [3.05, 3.63) is 22.8 Å². The first-order chi connectivity index (χ1) is 14.4. The average molecular weight is 445 g/mol. The monoisotopic (exact) mass is 444 g/mol. The molecule has 0 spiro atoms. The number of hydrogen-bond acceptors (Lipinski definition) is 1. The summed E-state index contributed by atoms with van der Waals surface area (Å²) < 4.78 is 0. The molecule has 2 fully saturated rings. The van der Waals surface area contributed by atoms with E-state index in [2.05, 4.69) is 61.5 Å². The first kappa shape index (κ1) is 26.0. The smallest absolute Gasteiger partial charge is 0.0594 e. The van der Waals surface area contributed by atoms with Crippen LogP contribution in [0.2, 0.25) is 0 Å². The SMILES string of the molecule is CC(C)=CCC[C@@H](C)[C@H]1CC[C@@]2(C)C3=C(CC[C@]12C)[C@@]1(C)CC[C@H](O)C(C)(C)[C@@H]1CC3.O. The average Bonchev–Trinajstić information content (AvgIpc) is 2.96. The zero-order valence-corrected chi connectivity index (χ0v) is 22.4. The van der Waals surface area contributed by atoms with Crippen molar-refractivity contribution in [1.29, 1.82) is 0 Å². The number of aliphatic hydroxyl groups excluding tert-OH is 1. The van der Waals surface area contributed by atoms with Crippen molar-refractivity contribution >= 4 is 0 Å². The summed E-state index contributed by atoms with van der Waals surface area (Å²) in [5.41, 5.74) is 6.41. The highest BCUT2D eigenvalue weighted by atomic mass is 16.3. The fraction of sp³-hybridized carbons (Fsp3) is 0.867. The van der Waals surface area contributed by atoms with E-state index < -0.39 is 0 Å². The fourth-order valence-corrected chi connectivity index (χ4v) is 9.47. The largest absolute Gasteiger partial charge is 0.412 e. The van der Waals surface area contributed by atoms with Gasteiger partial charge < -0.3 is 10.6 Å². The van der Waals surface area contributed by atoms with Crippen LogP contribution in [0.3, 0.4) is 0 Å². The highest BCUT2D eigenvalue weighted by molar-refractivity contribution is 5.38.